The van der Waals surface area contributed by atoms with Gasteiger partial charge in [0.1, 0.15) is 0 Å². The number of hydrogen-bond acceptors (Lipinski definition) is 1. The lowest BCUT2D eigenvalue weighted by Gasteiger charge is -2.11. The number of para-hydroxylation sites is 1. The van der Waals surface area contributed by atoms with E-state index in [1.54, 1.807) is 0 Å². The summed E-state index contributed by atoms with van der Waals surface area (Å²) in [6, 6.07) is 25.7. The van der Waals surface area contributed by atoms with Crippen LogP contribution < -0.4 is 5.32 Å². The van der Waals surface area contributed by atoms with E-state index < -0.39 is 0 Å². The maximum atomic E-state index is 12.5. The Morgan fingerprint density at radius 3 is 2.17 bits per heavy atom. The molecule has 0 unspecified atom stereocenters. The number of amides is 1. The Bertz CT molecular complexity index is 792. The van der Waals surface area contributed by atoms with Gasteiger partial charge in [-0.05, 0) is 35.7 Å². The van der Waals surface area contributed by atoms with E-state index in [1.165, 1.54) is 5.56 Å². The van der Waals surface area contributed by atoms with Crippen molar-refractivity contribution in [3.8, 4) is 11.1 Å². The van der Waals surface area contributed by atoms with Gasteiger partial charge in [-0.25, -0.2) is 0 Å². The van der Waals surface area contributed by atoms with Gasteiger partial charge in [0, 0.05) is 16.8 Å². The van der Waals surface area contributed by atoms with Gasteiger partial charge in [-0.3, -0.25) is 4.79 Å². The molecule has 3 aromatic carbocycles. The lowest BCUT2D eigenvalue weighted by atomic mass is 10.0. The van der Waals surface area contributed by atoms with Crippen molar-refractivity contribution in [1.82, 2.24) is 0 Å². The van der Waals surface area contributed by atoms with E-state index in [9.17, 15) is 4.79 Å². The number of benzene rings is 3. The molecular formula is C21H19NO. The van der Waals surface area contributed by atoms with Crippen molar-refractivity contribution in [3.05, 3.63) is 90.0 Å². The zero-order valence-electron chi connectivity index (χ0n) is 13.1. The van der Waals surface area contributed by atoms with Crippen LogP contribution >= 0.6 is 0 Å². The lowest BCUT2D eigenvalue weighted by Crippen LogP contribution is -2.12. The van der Waals surface area contributed by atoms with Crippen LogP contribution in [0.5, 0.6) is 0 Å². The molecule has 0 bridgehead atoms. The predicted octanol–water partition coefficient (Wildman–Crippen LogP) is 5.17. The fraction of sp³-hybridized carbons (Fsp3) is 0.0952. The van der Waals surface area contributed by atoms with Crippen molar-refractivity contribution in [1.29, 1.82) is 0 Å². The Balaban J connectivity index is 1.86. The summed E-state index contributed by atoms with van der Waals surface area (Å²) in [6.45, 7) is 2.10. The minimum absolute atomic E-state index is 0.0870. The van der Waals surface area contributed by atoms with E-state index in [0.717, 1.165) is 23.2 Å². The molecule has 0 saturated carbocycles. The number of aryl methyl sites for hydroxylation is 1. The Morgan fingerprint density at radius 1 is 0.826 bits per heavy atom. The monoisotopic (exact) mass is 301 g/mol. The zero-order chi connectivity index (χ0) is 16.1. The largest absolute Gasteiger partial charge is 0.321 e. The van der Waals surface area contributed by atoms with Gasteiger partial charge in [0.2, 0.25) is 0 Å². The molecule has 2 nitrogen and oxygen atoms in total. The van der Waals surface area contributed by atoms with Crippen LogP contribution in [0.4, 0.5) is 5.69 Å². The van der Waals surface area contributed by atoms with Gasteiger partial charge in [-0.1, -0.05) is 67.6 Å². The number of carbonyl (C=O) groups excluding carboxylic acids is 1. The number of rotatable bonds is 4. The van der Waals surface area contributed by atoms with Crippen LogP contribution in [0.25, 0.3) is 11.1 Å². The smallest absolute Gasteiger partial charge is 0.255 e. The summed E-state index contributed by atoms with van der Waals surface area (Å²) >= 11 is 0. The molecule has 3 aromatic rings. The number of carbonyl (C=O) groups is 1. The quantitative estimate of drug-likeness (QED) is 0.708. The minimum atomic E-state index is -0.0870. The van der Waals surface area contributed by atoms with Crippen LogP contribution in [0.1, 0.15) is 22.8 Å². The number of anilines is 1. The van der Waals surface area contributed by atoms with E-state index in [2.05, 4.69) is 12.2 Å². The van der Waals surface area contributed by atoms with Crippen molar-refractivity contribution in [2.75, 3.05) is 5.32 Å². The van der Waals surface area contributed by atoms with Gasteiger partial charge >= 0.3 is 0 Å². The van der Waals surface area contributed by atoms with Gasteiger partial charge < -0.3 is 5.32 Å². The first-order valence-corrected chi connectivity index (χ1v) is 7.82. The van der Waals surface area contributed by atoms with Gasteiger partial charge in [0.25, 0.3) is 5.91 Å². The molecule has 2 heteroatoms. The van der Waals surface area contributed by atoms with Crippen LogP contribution in [0.15, 0.2) is 78.9 Å². The molecule has 0 atom stereocenters. The molecule has 1 amide bonds. The van der Waals surface area contributed by atoms with Crippen LogP contribution in [0.3, 0.4) is 0 Å². The van der Waals surface area contributed by atoms with E-state index in [-0.39, 0.29) is 5.91 Å². The summed E-state index contributed by atoms with van der Waals surface area (Å²) < 4.78 is 0. The number of nitrogens with one attached hydrogen (secondary N) is 1. The van der Waals surface area contributed by atoms with E-state index in [1.807, 2.05) is 78.9 Å². The summed E-state index contributed by atoms with van der Waals surface area (Å²) in [5, 5.41) is 3.02. The SMILES string of the molecule is CCc1ccc(C(=O)Nc2ccccc2-c2ccccc2)cc1. The summed E-state index contributed by atoms with van der Waals surface area (Å²) in [5.74, 6) is -0.0870. The van der Waals surface area contributed by atoms with Gasteiger partial charge in [0.05, 0.1) is 0 Å². The summed E-state index contributed by atoms with van der Waals surface area (Å²) in [4.78, 5) is 12.5. The van der Waals surface area contributed by atoms with Crippen molar-refractivity contribution >= 4 is 11.6 Å². The highest BCUT2D eigenvalue weighted by Gasteiger charge is 2.09. The van der Waals surface area contributed by atoms with Crippen molar-refractivity contribution in [2.45, 2.75) is 13.3 Å². The maximum absolute atomic E-state index is 12.5. The highest BCUT2D eigenvalue weighted by Crippen LogP contribution is 2.27. The first-order valence-electron chi connectivity index (χ1n) is 7.82. The Kier molecular flexibility index (Phi) is 4.53. The molecule has 0 saturated heterocycles. The number of hydrogen-bond donors (Lipinski definition) is 1. The first kappa shape index (κ1) is 15.0. The summed E-state index contributed by atoms with van der Waals surface area (Å²) in [5.41, 5.74) is 4.83. The molecule has 0 heterocycles. The second-order valence-corrected chi connectivity index (χ2v) is 5.42. The molecule has 0 radical (unpaired) electrons. The maximum Gasteiger partial charge on any atom is 0.255 e. The standard InChI is InChI=1S/C21H19NO/c1-2-16-12-14-18(15-13-16)21(23)22-20-11-7-6-10-19(20)17-8-4-3-5-9-17/h3-15H,2H2,1H3,(H,22,23). The van der Waals surface area contributed by atoms with Crippen LogP contribution in [-0.4, -0.2) is 5.91 Å². The predicted molar refractivity (Wildman–Crippen MR) is 95.7 cm³/mol. The van der Waals surface area contributed by atoms with Crippen molar-refractivity contribution in [2.24, 2.45) is 0 Å². The highest BCUT2D eigenvalue weighted by atomic mass is 16.1. The van der Waals surface area contributed by atoms with Crippen LogP contribution in [0.2, 0.25) is 0 Å². The third-order valence-corrected chi connectivity index (χ3v) is 3.88. The Hall–Kier alpha value is -2.87. The molecule has 0 spiro atoms. The third-order valence-electron chi connectivity index (χ3n) is 3.88. The Labute approximate surface area is 136 Å². The zero-order valence-corrected chi connectivity index (χ0v) is 13.1. The third kappa shape index (κ3) is 3.49. The molecule has 0 aliphatic heterocycles. The lowest BCUT2D eigenvalue weighted by molar-refractivity contribution is 0.102. The van der Waals surface area contributed by atoms with Gasteiger partial charge in [0.15, 0.2) is 0 Å². The molecule has 23 heavy (non-hydrogen) atoms. The molecule has 0 fully saturated rings. The fourth-order valence-corrected chi connectivity index (χ4v) is 2.55. The summed E-state index contributed by atoms with van der Waals surface area (Å²) in [7, 11) is 0. The molecule has 3 rings (SSSR count). The van der Waals surface area contributed by atoms with Crippen molar-refractivity contribution < 1.29 is 4.79 Å². The highest BCUT2D eigenvalue weighted by molar-refractivity contribution is 6.06. The molecule has 0 aliphatic carbocycles. The molecule has 0 aliphatic rings. The molecule has 0 aromatic heterocycles. The topological polar surface area (TPSA) is 29.1 Å². The second-order valence-electron chi connectivity index (χ2n) is 5.42. The van der Waals surface area contributed by atoms with Crippen LogP contribution in [0, 0.1) is 0 Å². The van der Waals surface area contributed by atoms with Gasteiger partial charge in [-0.2, -0.15) is 0 Å². The Morgan fingerprint density at radius 2 is 1.48 bits per heavy atom. The van der Waals surface area contributed by atoms with Gasteiger partial charge in [-0.15, -0.1) is 0 Å². The van der Waals surface area contributed by atoms with Crippen molar-refractivity contribution in [3.63, 3.8) is 0 Å². The fourth-order valence-electron chi connectivity index (χ4n) is 2.55. The van der Waals surface area contributed by atoms with E-state index >= 15 is 0 Å². The first-order chi connectivity index (χ1) is 11.3. The van der Waals surface area contributed by atoms with E-state index in [0.29, 0.717) is 5.56 Å². The second kappa shape index (κ2) is 6.93. The van der Waals surface area contributed by atoms with E-state index in [4.69, 9.17) is 0 Å². The average Bonchev–Trinajstić information content (AvgIpc) is 2.63. The molecule has 114 valence electrons. The normalized spacial score (nSPS) is 10.3. The minimum Gasteiger partial charge on any atom is -0.321 e. The molecule has 1 N–H and O–H groups in total. The average molecular weight is 301 g/mol. The summed E-state index contributed by atoms with van der Waals surface area (Å²) in [6.07, 6.45) is 0.971. The van der Waals surface area contributed by atoms with Crippen LogP contribution in [-0.2, 0) is 6.42 Å². The molecular weight excluding hydrogens is 282 g/mol.